The Bertz CT molecular complexity index is 349. The Hall–Kier alpha value is -0.730. The molecule has 0 spiro atoms. The molecular weight excluding hydrogens is 274 g/mol. The van der Waals surface area contributed by atoms with Crippen LogP contribution < -0.4 is 0 Å². The minimum absolute atomic E-state index is 0.117. The number of likely N-dealkylation sites (tertiary alicyclic amines) is 1. The van der Waals surface area contributed by atoms with E-state index in [4.69, 9.17) is 4.74 Å². The Morgan fingerprint density at radius 2 is 1.68 bits per heavy atom. The maximum Gasteiger partial charge on any atom is 0.410 e. The third-order valence-corrected chi connectivity index (χ3v) is 5.48. The first kappa shape index (κ1) is 19.3. The highest BCUT2D eigenvalue weighted by Crippen LogP contribution is 2.42. The predicted molar refractivity (Wildman–Crippen MR) is 93.1 cm³/mol. The molecule has 1 fully saturated rings. The molecule has 1 rings (SSSR count). The number of nitrogens with zero attached hydrogens (tertiary/aromatic N) is 1. The Morgan fingerprint density at radius 1 is 1.09 bits per heavy atom. The van der Waals surface area contributed by atoms with Gasteiger partial charge in [0.05, 0.1) is 6.61 Å². The molecule has 1 unspecified atom stereocenters. The van der Waals surface area contributed by atoms with Crippen molar-refractivity contribution in [3.8, 4) is 0 Å². The minimum Gasteiger partial charge on any atom is -0.449 e. The summed E-state index contributed by atoms with van der Waals surface area (Å²) in [6.45, 7) is 13.7. The van der Waals surface area contributed by atoms with E-state index < -0.39 is 0 Å². The summed E-state index contributed by atoms with van der Waals surface area (Å²) in [5, 5.41) is 0. The Kier molecular flexibility index (Phi) is 7.21. The van der Waals surface area contributed by atoms with E-state index in [1.807, 2.05) is 4.90 Å². The number of amides is 1. The first-order valence-electron chi connectivity index (χ1n) is 9.20. The van der Waals surface area contributed by atoms with Gasteiger partial charge in [-0.2, -0.15) is 0 Å². The number of hydrogen-bond donors (Lipinski definition) is 0. The van der Waals surface area contributed by atoms with E-state index in [0.717, 1.165) is 19.3 Å². The molecule has 0 aliphatic carbocycles. The zero-order valence-corrected chi connectivity index (χ0v) is 15.7. The SMILES string of the molecule is CCCCCCCCOC(=O)N1C(C)(C)CCC(C)C1(C)C. The molecule has 1 atom stereocenters. The van der Waals surface area contributed by atoms with Gasteiger partial charge in [-0.1, -0.05) is 46.0 Å². The van der Waals surface area contributed by atoms with Gasteiger partial charge in [-0.05, 0) is 52.9 Å². The number of rotatable bonds is 7. The molecule has 1 saturated heterocycles. The van der Waals surface area contributed by atoms with Crippen LogP contribution in [0.1, 0.15) is 92.9 Å². The fraction of sp³-hybridized carbons (Fsp3) is 0.947. The average molecular weight is 312 g/mol. The van der Waals surface area contributed by atoms with Gasteiger partial charge >= 0.3 is 6.09 Å². The van der Waals surface area contributed by atoms with Crippen LogP contribution in [0.5, 0.6) is 0 Å². The molecule has 0 bridgehead atoms. The van der Waals surface area contributed by atoms with Gasteiger partial charge in [0.2, 0.25) is 0 Å². The van der Waals surface area contributed by atoms with Crippen molar-refractivity contribution in [2.24, 2.45) is 5.92 Å². The van der Waals surface area contributed by atoms with E-state index in [1.54, 1.807) is 0 Å². The number of hydrogen-bond acceptors (Lipinski definition) is 2. The largest absolute Gasteiger partial charge is 0.449 e. The van der Waals surface area contributed by atoms with Crippen LogP contribution in [-0.4, -0.2) is 28.7 Å². The smallest absolute Gasteiger partial charge is 0.410 e. The Labute approximate surface area is 137 Å². The summed E-state index contributed by atoms with van der Waals surface area (Å²) in [5.41, 5.74) is -0.256. The molecule has 0 N–H and O–H groups in total. The second-order valence-corrected chi connectivity index (χ2v) is 8.12. The molecule has 0 aromatic carbocycles. The minimum atomic E-state index is -0.139. The van der Waals surface area contributed by atoms with E-state index in [9.17, 15) is 4.79 Å². The quantitative estimate of drug-likeness (QED) is 0.558. The molecule has 3 nitrogen and oxygen atoms in total. The molecule has 22 heavy (non-hydrogen) atoms. The van der Waals surface area contributed by atoms with E-state index >= 15 is 0 Å². The summed E-state index contributed by atoms with van der Waals surface area (Å²) in [4.78, 5) is 14.6. The Balaban J connectivity index is 2.45. The zero-order chi connectivity index (χ0) is 16.8. The van der Waals surface area contributed by atoms with Crippen molar-refractivity contribution in [2.45, 2.75) is 104 Å². The molecule has 130 valence electrons. The van der Waals surface area contributed by atoms with Gasteiger partial charge in [0, 0.05) is 11.1 Å². The van der Waals surface area contributed by atoms with Gasteiger partial charge in [-0.25, -0.2) is 4.79 Å². The predicted octanol–water partition coefficient (Wildman–Crippen LogP) is 5.77. The van der Waals surface area contributed by atoms with Crippen molar-refractivity contribution in [3.63, 3.8) is 0 Å². The fourth-order valence-electron chi connectivity index (χ4n) is 3.62. The number of unbranched alkanes of at least 4 members (excludes halogenated alkanes) is 5. The van der Waals surface area contributed by atoms with Crippen molar-refractivity contribution in [1.29, 1.82) is 0 Å². The van der Waals surface area contributed by atoms with Crippen LogP contribution in [0.15, 0.2) is 0 Å². The van der Waals surface area contributed by atoms with Crippen molar-refractivity contribution < 1.29 is 9.53 Å². The van der Waals surface area contributed by atoms with Crippen LogP contribution >= 0.6 is 0 Å². The summed E-state index contributed by atoms with van der Waals surface area (Å²) < 4.78 is 5.59. The monoisotopic (exact) mass is 311 g/mol. The van der Waals surface area contributed by atoms with Crippen LogP contribution in [0.25, 0.3) is 0 Å². The third-order valence-electron chi connectivity index (χ3n) is 5.48. The van der Waals surface area contributed by atoms with Crippen LogP contribution in [0, 0.1) is 5.92 Å². The molecule has 3 heteroatoms. The lowest BCUT2D eigenvalue weighted by atomic mass is 9.73. The van der Waals surface area contributed by atoms with Crippen LogP contribution in [0.4, 0.5) is 4.79 Å². The lowest BCUT2D eigenvalue weighted by Gasteiger charge is -2.55. The standard InChI is InChI=1S/C19H37NO2/c1-7-8-9-10-11-12-15-22-17(21)20-18(3,4)14-13-16(2)19(20,5)6/h16H,7-15H2,1-6H3. The molecule has 0 aromatic heterocycles. The van der Waals surface area contributed by atoms with Gasteiger partial charge in [0.15, 0.2) is 0 Å². The molecule has 1 aliphatic heterocycles. The maximum absolute atomic E-state index is 12.6. The maximum atomic E-state index is 12.6. The number of carbonyl (C=O) groups excluding carboxylic acids is 1. The number of ether oxygens (including phenoxy) is 1. The van der Waals surface area contributed by atoms with Crippen LogP contribution in [-0.2, 0) is 4.74 Å². The third kappa shape index (κ3) is 4.89. The first-order chi connectivity index (χ1) is 10.2. The molecule has 0 radical (unpaired) electrons. The highest BCUT2D eigenvalue weighted by atomic mass is 16.6. The van der Waals surface area contributed by atoms with Crippen molar-refractivity contribution in [2.75, 3.05) is 6.61 Å². The van der Waals surface area contributed by atoms with Gasteiger partial charge in [-0.3, -0.25) is 4.90 Å². The van der Waals surface area contributed by atoms with Gasteiger partial charge in [0.1, 0.15) is 0 Å². The number of carbonyl (C=O) groups is 1. The summed E-state index contributed by atoms with van der Waals surface area (Å²) in [6.07, 6.45) is 9.37. The highest BCUT2D eigenvalue weighted by Gasteiger charge is 2.48. The number of piperidine rings is 1. The van der Waals surface area contributed by atoms with E-state index in [2.05, 4.69) is 41.5 Å². The van der Waals surface area contributed by atoms with Gasteiger partial charge < -0.3 is 4.74 Å². The lowest BCUT2D eigenvalue weighted by Crippen LogP contribution is -2.64. The second kappa shape index (κ2) is 8.21. The zero-order valence-electron chi connectivity index (χ0n) is 15.7. The fourth-order valence-corrected chi connectivity index (χ4v) is 3.62. The van der Waals surface area contributed by atoms with E-state index in [-0.39, 0.29) is 17.2 Å². The topological polar surface area (TPSA) is 29.5 Å². The van der Waals surface area contributed by atoms with Crippen molar-refractivity contribution in [3.05, 3.63) is 0 Å². The Morgan fingerprint density at radius 3 is 2.32 bits per heavy atom. The summed E-state index contributed by atoms with van der Waals surface area (Å²) in [5.74, 6) is 0.502. The molecule has 0 aromatic rings. The first-order valence-corrected chi connectivity index (χ1v) is 9.20. The summed E-state index contributed by atoms with van der Waals surface area (Å²) >= 11 is 0. The molecule has 1 aliphatic rings. The molecule has 1 amide bonds. The highest BCUT2D eigenvalue weighted by molar-refractivity contribution is 5.70. The molecular formula is C19H37NO2. The average Bonchev–Trinajstić information content (AvgIpc) is 2.42. The molecule has 1 heterocycles. The van der Waals surface area contributed by atoms with Gasteiger partial charge in [-0.15, -0.1) is 0 Å². The van der Waals surface area contributed by atoms with E-state index in [0.29, 0.717) is 12.5 Å². The van der Waals surface area contributed by atoms with Crippen LogP contribution in [0.3, 0.4) is 0 Å². The van der Waals surface area contributed by atoms with Gasteiger partial charge in [0.25, 0.3) is 0 Å². The van der Waals surface area contributed by atoms with Crippen molar-refractivity contribution >= 4 is 6.09 Å². The van der Waals surface area contributed by atoms with Crippen LogP contribution in [0.2, 0.25) is 0 Å². The second-order valence-electron chi connectivity index (χ2n) is 8.12. The van der Waals surface area contributed by atoms with Crippen molar-refractivity contribution in [1.82, 2.24) is 4.90 Å². The lowest BCUT2D eigenvalue weighted by molar-refractivity contribution is -0.0503. The molecule has 0 saturated carbocycles. The summed E-state index contributed by atoms with van der Waals surface area (Å²) in [6, 6.07) is 0. The summed E-state index contributed by atoms with van der Waals surface area (Å²) in [7, 11) is 0. The normalized spacial score (nSPS) is 23.4. The van der Waals surface area contributed by atoms with E-state index in [1.165, 1.54) is 32.1 Å².